The molecule has 8 heteroatoms. The van der Waals surface area contributed by atoms with Gasteiger partial charge in [0.2, 0.25) is 11.1 Å². The van der Waals surface area contributed by atoms with Crippen LogP contribution >= 0.6 is 11.8 Å². The molecule has 1 amide bonds. The van der Waals surface area contributed by atoms with Crippen LogP contribution in [0.1, 0.15) is 12.5 Å². The quantitative estimate of drug-likeness (QED) is 0.312. The molecule has 0 spiro atoms. The summed E-state index contributed by atoms with van der Waals surface area (Å²) in [6.07, 6.45) is 0.956. The van der Waals surface area contributed by atoms with Gasteiger partial charge in [0.15, 0.2) is 0 Å². The van der Waals surface area contributed by atoms with Gasteiger partial charge in [-0.1, -0.05) is 30.8 Å². The summed E-state index contributed by atoms with van der Waals surface area (Å²) in [5.74, 6) is 1.54. The smallest absolute Gasteiger partial charge is 0.234 e. The number of aryl methyl sites for hydroxylation is 1. The fourth-order valence-electron chi connectivity index (χ4n) is 3.42. The molecule has 1 aromatic heterocycles. The first kappa shape index (κ1) is 24.2. The van der Waals surface area contributed by atoms with Crippen molar-refractivity contribution in [3.8, 4) is 34.0 Å². The topological polar surface area (TPSA) is 86.2 Å². The third-order valence-electron chi connectivity index (χ3n) is 5.37. The van der Waals surface area contributed by atoms with Crippen molar-refractivity contribution in [2.75, 3.05) is 25.3 Å². The Balaban J connectivity index is 1.56. The standard InChI is InChI=1S/C27H26N4O3S/c1-4-18-5-11-21(12-6-18)28-24(32)17-35-27-29-25(19-7-13-22(33-2)14-8-19)26(30-31-27)20-9-15-23(34-3)16-10-20/h5-16H,4,17H2,1-3H3,(H,28,32). The zero-order valence-electron chi connectivity index (χ0n) is 19.8. The van der Waals surface area contributed by atoms with Crippen molar-refractivity contribution in [1.29, 1.82) is 0 Å². The third-order valence-corrected chi connectivity index (χ3v) is 6.21. The Morgan fingerprint density at radius 2 is 1.37 bits per heavy atom. The minimum atomic E-state index is -0.131. The van der Waals surface area contributed by atoms with Gasteiger partial charge in [0, 0.05) is 16.8 Å². The lowest BCUT2D eigenvalue weighted by molar-refractivity contribution is -0.113. The molecular weight excluding hydrogens is 460 g/mol. The van der Waals surface area contributed by atoms with Gasteiger partial charge in [0.25, 0.3) is 0 Å². The Kier molecular flexibility index (Phi) is 7.95. The lowest BCUT2D eigenvalue weighted by Gasteiger charge is -2.11. The zero-order chi connectivity index (χ0) is 24.6. The summed E-state index contributed by atoms with van der Waals surface area (Å²) in [7, 11) is 3.25. The van der Waals surface area contributed by atoms with Crippen LogP contribution in [0.3, 0.4) is 0 Å². The number of anilines is 1. The normalized spacial score (nSPS) is 10.6. The van der Waals surface area contributed by atoms with E-state index < -0.39 is 0 Å². The summed E-state index contributed by atoms with van der Waals surface area (Å²) in [6, 6.07) is 23.0. The van der Waals surface area contributed by atoms with E-state index in [9.17, 15) is 4.79 Å². The van der Waals surface area contributed by atoms with Crippen LogP contribution in [0.2, 0.25) is 0 Å². The minimum Gasteiger partial charge on any atom is -0.497 e. The Morgan fingerprint density at radius 1 is 0.800 bits per heavy atom. The first-order valence-corrected chi connectivity index (χ1v) is 12.1. The average Bonchev–Trinajstić information content (AvgIpc) is 2.92. The van der Waals surface area contributed by atoms with Gasteiger partial charge in [-0.2, -0.15) is 0 Å². The van der Waals surface area contributed by atoms with Gasteiger partial charge >= 0.3 is 0 Å². The predicted molar refractivity (Wildman–Crippen MR) is 139 cm³/mol. The summed E-state index contributed by atoms with van der Waals surface area (Å²) in [5, 5.41) is 12.1. The third kappa shape index (κ3) is 6.16. The van der Waals surface area contributed by atoms with Gasteiger partial charge in [-0.15, -0.1) is 10.2 Å². The molecule has 3 aromatic carbocycles. The number of nitrogens with one attached hydrogen (secondary N) is 1. The van der Waals surface area contributed by atoms with Gasteiger partial charge in [0.05, 0.1) is 20.0 Å². The molecule has 0 aliphatic heterocycles. The van der Waals surface area contributed by atoms with E-state index in [0.717, 1.165) is 34.7 Å². The number of aromatic nitrogens is 3. The predicted octanol–water partition coefficient (Wildman–Crippen LogP) is 5.52. The highest BCUT2D eigenvalue weighted by Crippen LogP contribution is 2.31. The highest BCUT2D eigenvalue weighted by Gasteiger charge is 2.15. The molecule has 0 aliphatic carbocycles. The molecule has 4 aromatic rings. The number of carbonyl (C=O) groups excluding carboxylic acids is 1. The summed E-state index contributed by atoms with van der Waals surface area (Å²) in [5.41, 5.74) is 5.03. The summed E-state index contributed by atoms with van der Waals surface area (Å²) < 4.78 is 10.6. The second-order valence-corrected chi connectivity index (χ2v) is 8.58. The molecule has 1 N–H and O–H groups in total. The van der Waals surface area contributed by atoms with Gasteiger partial charge < -0.3 is 14.8 Å². The van der Waals surface area contributed by atoms with Crippen LogP contribution in [0.4, 0.5) is 5.69 Å². The van der Waals surface area contributed by atoms with Crippen molar-refractivity contribution < 1.29 is 14.3 Å². The number of amides is 1. The maximum atomic E-state index is 12.5. The number of thioether (sulfide) groups is 1. The SMILES string of the molecule is CCc1ccc(NC(=O)CSc2nnc(-c3ccc(OC)cc3)c(-c3ccc(OC)cc3)n2)cc1. The second-order valence-electron chi connectivity index (χ2n) is 7.64. The number of benzene rings is 3. The number of rotatable bonds is 9. The van der Waals surface area contributed by atoms with Crippen LogP contribution in [0.15, 0.2) is 78.0 Å². The van der Waals surface area contributed by atoms with E-state index in [1.807, 2.05) is 72.8 Å². The Morgan fingerprint density at radius 3 is 1.91 bits per heavy atom. The van der Waals surface area contributed by atoms with E-state index in [1.54, 1.807) is 14.2 Å². The molecule has 0 saturated carbocycles. The van der Waals surface area contributed by atoms with Crippen LogP contribution in [0, 0.1) is 0 Å². The summed E-state index contributed by atoms with van der Waals surface area (Å²) in [6.45, 7) is 2.10. The van der Waals surface area contributed by atoms with Crippen molar-refractivity contribution in [3.63, 3.8) is 0 Å². The highest BCUT2D eigenvalue weighted by atomic mass is 32.2. The van der Waals surface area contributed by atoms with E-state index in [2.05, 4.69) is 22.4 Å². The molecule has 1 heterocycles. The van der Waals surface area contributed by atoms with Crippen molar-refractivity contribution >= 4 is 23.4 Å². The molecular formula is C27H26N4O3S. The van der Waals surface area contributed by atoms with Crippen LogP contribution < -0.4 is 14.8 Å². The van der Waals surface area contributed by atoms with Gasteiger partial charge in [-0.25, -0.2) is 4.98 Å². The Labute approximate surface area is 208 Å². The molecule has 35 heavy (non-hydrogen) atoms. The number of ether oxygens (including phenoxy) is 2. The molecule has 0 atom stereocenters. The zero-order valence-corrected chi connectivity index (χ0v) is 20.6. The van der Waals surface area contributed by atoms with Crippen LogP contribution in [0.25, 0.3) is 22.5 Å². The van der Waals surface area contributed by atoms with Gasteiger partial charge in [-0.3, -0.25) is 4.79 Å². The molecule has 0 saturated heterocycles. The fraction of sp³-hybridized carbons (Fsp3) is 0.185. The first-order valence-electron chi connectivity index (χ1n) is 11.1. The Bertz CT molecular complexity index is 1280. The highest BCUT2D eigenvalue weighted by molar-refractivity contribution is 7.99. The molecule has 0 fully saturated rings. The van der Waals surface area contributed by atoms with E-state index in [4.69, 9.17) is 14.5 Å². The molecule has 7 nitrogen and oxygen atoms in total. The second kappa shape index (κ2) is 11.5. The van der Waals surface area contributed by atoms with Crippen molar-refractivity contribution in [1.82, 2.24) is 15.2 Å². The van der Waals surface area contributed by atoms with Crippen LogP contribution in [-0.2, 0) is 11.2 Å². The number of hydrogen-bond acceptors (Lipinski definition) is 7. The van der Waals surface area contributed by atoms with Crippen LogP contribution in [0.5, 0.6) is 11.5 Å². The maximum Gasteiger partial charge on any atom is 0.234 e. The largest absolute Gasteiger partial charge is 0.497 e. The molecule has 178 valence electrons. The van der Waals surface area contributed by atoms with Gasteiger partial charge in [-0.05, 0) is 72.6 Å². The molecule has 0 bridgehead atoms. The maximum absolute atomic E-state index is 12.5. The van der Waals surface area contributed by atoms with Crippen LogP contribution in [-0.4, -0.2) is 41.1 Å². The summed E-state index contributed by atoms with van der Waals surface area (Å²) >= 11 is 1.24. The molecule has 4 rings (SSSR count). The molecule has 0 unspecified atom stereocenters. The first-order chi connectivity index (χ1) is 17.1. The van der Waals surface area contributed by atoms with Crippen molar-refractivity contribution in [3.05, 3.63) is 78.4 Å². The van der Waals surface area contributed by atoms with E-state index in [-0.39, 0.29) is 11.7 Å². The fourth-order valence-corrected chi connectivity index (χ4v) is 4.00. The van der Waals surface area contributed by atoms with Crippen molar-refractivity contribution in [2.24, 2.45) is 0 Å². The Hall–Kier alpha value is -3.91. The van der Waals surface area contributed by atoms with E-state index >= 15 is 0 Å². The number of hydrogen-bond donors (Lipinski definition) is 1. The number of nitrogens with zero attached hydrogens (tertiary/aromatic N) is 3. The minimum absolute atomic E-state index is 0.131. The average molecular weight is 487 g/mol. The van der Waals surface area contributed by atoms with E-state index in [1.165, 1.54) is 17.3 Å². The summed E-state index contributed by atoms with van der Waals surface area (Å²) in [4.78, 5) is 17.2. The lowest BCUT2D eigenvalue weighted by atomic mass is 10.0. The monoisotopic (exact) mass is 486 g/mol. The molecule has 0 aliphatic rings. The van der Waals surface area contributed by atoms with E-state index in [0.29, 0.717) is 16.5 Å². The van der Waals surface area contributed by atoms with Gasteiger partial charge in [0.1, 0.15) is 22.9 Å². The molecule has 0 radical (unpaired) electrons. The lowest BCUT2D eigenvalue weighted by Crippen LogP contribution is -2.14. The van der Waals surface area contributed by atoms with Crippen molar-refractivity contribution in [2.45, 2.75) is 18.5 Å². The number of carbonyl (C=O) groups is 1. The number of methoxy groups -OCH3 is 2.